The topological polar surface area (TPSA) is 50.3 Å². The van der Waals surface area contributed by atoms with Crippen molar-refractivity contribution < 1.29 is 9.59 Å². The predicted octanol–water partition coefficient (Wildman–Crippen LogP) is 2.54. The van der Waals surface area contributed by atoms with Gasteiger partial charge in [0.1, 0.15) is 0 Å². The Hall–Kier alpha value is -2.01. The van der Waals surface area contributed by atoms with Crippen molar-refractivity contribution in [2.75, 3.05) is 11.9 Å². The van der Waals surface area contributed by atoms with Crippen molar-refractivity contribution >= 4 is 28.7 Å². The summed E-state index contributed by atoms with van der Waals surface area (Å²) in [5.41, 5.74) is 0.783. The molecule has 0 radical (unpaired) electrons. The van der Waals surface area contributed by atoms with E-state index in [1.807, 2.05) is 6.92 Å². The molecule has 1 heterocycles. The standard InChI is InChI=1S/C13H12N2O2S/c1-9-7-14-13(18-9)15(2)12(17)11-6-4-3-5-10(11)8-16/h3-8H,1-2H3. The minimum Gasteiger partial charge on any atom is -0.298 e. The summed E-state index contributed by atoms with van der Waals surface area (Å²) < 4.78 is 0. The van der Waals surface area contributed by atoms with E-state index in [4.69, 9.17) is 0 Å². The molecule has 1 amide bonds. The second kappa shape index (κ2) is 5.10. The molecule has 92 valence electrons. The molecule has 1 aromatic heterocycles. The Balaban J connectivity index is 2.34. The molecule has 0 atom stereocenters. The summed E-state index contributed by atoms with van der Waals surface area (Å²) in [5.74, 6) is -0.230. The molecule has 0 spiro atoms. The maximum absolute atomic E-state index is 12.3. The SMILES string of the molecule is Cc1cnc(N(C)C(=O)c2ccccc2C=O)s1. The number of carbonyl (C=O) groups is 2. The number of nitrogens with zero attached hydrogens (tertiary/aromatic N) is 2. The third-order valence-corrected chi connectivity index (χ3v) is 3.51. The number of hydrogen-bond acceptors (Lipinski definition) is 4. The van der Waals surface area contributed by atoms with Crippen LogP contribution in [0.15, 0.2) is 30.5 Å². The van der Waals surface area contributed by atoms with E-state index in [0.29, 0.717) is 22.5 Å². The number of thiazole rings is 1. The van der Waals surface area contributed by atoms with Gasteiger partial charge >= 0.3 is 0 Å². The van der Waals surface area contributed by atoms with Crippen molar-refractivity contribution in [1.82, 2.24) is 4.98 Å². The molecule has 0 aliphatic heterocycles. The first-order chi connectivity index (χ1) is 8.63. The monoisotopic (exact) mass is 260 g/mol. The molecule has 0 saturated carbocycles. The highest BCUT2D eigenvalue weighted by Gasteiger charge is 2.18. The van der Waals surface area contributed by atoms with Gasteiger partial charge in [-0.1, -0.05) is 18.2 Å². The molecule has 18 heavy (non-hydrogen) atoms. The lowest BCUT2D eigenvalue weighted by atomic mass is 10.1. The molecule has 0 aliphatic rings. The van der Waals surface area contributed by atoms with Crippen LogP contribution >= 0.6 is 11.3 Å². The summed E-state index contributed by atoms with van der Waals surface area (Å²) in [4.78, 5) is 29.8. The molecule has 4 nitrogen and oxygen atoms in total. The molecule has 0 bridgehead atoms. The highest BCUT2D eigenvalue weighted by Crippen LogP contribution is 2.22. The Kier molecular flexibility index (Phi) is 3.53. The van der Waals surface area contributed by atoms with Crippen LogP contribution in [0.5, 0.6) is 0 Å². The maximum atomic E-state index is 12.3. The molecular formula is C13H12N2O2S. The highest BCUT2D eigenvalue weighted by molar-refractivity contribution is 7.15. The van der Waals surface area contributed by atoms with Gasteiger partial charge in [-0.05, 0) is 13.0 Å². The van der Waals surface area contributed by atoms with Crippen molar-refractivity contribution in [3.63, 3.8) is 0 Å². The molecule has 1 aromatic carbocycles. The van der Waals surface area contributed by atoms with E-state index >= 15 is 0 Å². The van der Waals surface area contributed by atoms with Gasteiger partial charge in [0.15, 0.2) is 11.4 Å². The molecule has 0 saturated heterocycles. The zero-order valence-corrected chi connectivity index (χ0v) is 10.9. The molecule has 2 rings (SSSR count). The third-order valence-electron chi connectivity index (χ3n) is 2.52. The van der Waals surface area contributed by atoms with Gasteiger partial charge in [-0.2, -0.15) is 0 Å². The quantitative estimate of drug-likeness (QED) is 0.797. The van der Waals surface area contributed by atoms with E-state index in [1.54, 1.807) is 37.5 Å². The average Bonchev–Trinajstić information content (AvgIpc) is 2.83. The largest absolute Gasteiger partial charge is 0.298 e. The normalized spacial score (nSPS) is 10.1. The van der Waals surface area contributed by atoms with Gasteiger partial charge in [-0.15, -0.1) is 11.3 Å². The van der Waals surface area contributed by atoms with Crippen molar-refractivity contribution in [1.29, 1.82) is 0 Å². The van der Waals surface area contributed by atoms with E-state index < -0.39 is 0 Å². The lowest BCUT2D eigenvalue weighted by Crippen LogP contribution is -2.27. The number of anilines is 1. The third kappa shape index (κ3) is 2.31. The van der Waals surface area contributed by atoms with Crippen LogP contribution in [0.1, 0.15) is 25.6 Å². The molecule has 0 fully saturated rings. The van der Waals surface area contributed by atoms with E-state index in [2.05, 4.69) is 4.98 Å². The van der Waals surface area contributed by atoms with Gasteiger partial charge in [0.25, 0.3) is 5.91 Å². The van der Waals surface area contributed by atoms with E-state index in [1.165, 1.54) is 16.2 Å². The summed E-state index contributed by atoms with van der Waals surface area (Å²) in [6.07, 6.45) is 2.41. The summed E-state index contributed by atoms with van der Waals surface area (Å²) in [5, 5.41) is 0.623. The average molecular weight is 260 g/mol. The van der Waals surface area contributed by atoms with Gasteiger partial charge in [0, 0.05) is 23.7 Å². The molecule has 0 unspecified atom stereocenters. The first-order valence-corrected chi connectivity index (χ1v) is 6.20. The minimum atomic E-state index is -0.230. The number of aldehydes is 1. The van der Waals surface area contributed by atoms with Crippen LogP contribution < -0.4 is 4.90 Å². The summed E-state index contributed by atoms with van der Waals surface area (Å²) in [6, 6.07) is 6.74. The van der Waals surface area contributed by atoms with Gasteiger partial charge in [0.2, 0.25) is 0 Å². The second-order valence-electron chi connectivity index (χ2n) is 3.82. The number of rotatable bonds is 3. The van der Waals surface area contributed by atoms with Gasteiger partial charge in [-0.3, -0.25) is 14.5 Å². The Morgan fingerprint density at radius 3 is 2.72 bits per heavy atom. The lowest BCUT2D eigenvalue weighted by molar-refractivity contribution is 0.0986. The minimum absolute atomic E-state index is 0.230. The van der Waals surface area contributed by atoms with Crippen molar-refractivity contribution in [2.24, 2.45) is 0 Å². The van der Waals surface area contributed by atoms with E-state index in [0.717, 1.165) is 4.88 Å². The molecule has 5 heteroatoms. The predicted molar refractivity (Wildman–Crippen MR) is 71.4 cm³/mol. The van der Waals surface area contributed by atoms with Crippen LogP contribution in [0.25, 0.3) is 0 Å². The van der Waals surface area contributed by atoms with Gasteiger partial charge in [-0.25, -0.2) is 4.98 Å². The molecule has 2 aromatic rings. The second-order valence-corrected chi connectivity index (χ2v) is 5.04. The summed E-state index contributed by atoms with van der Waals surface area (Å²) in [6.45, 7) is 1.93. The highest BCUT2D eigenvalue weighted by atomic mass is 32.1. The van der Waals surface area contributed by atoms with Crippen LogP contribution in [0.2, 0.25) is 0 Å². The van der Waals surface area contributed by atoms with E-state index in [9.17, 15) is 9.59 Å². The first-order valence-electron chi connectivity index (χ1n) is 5.38. The van der Waals surface area contributed by atoms with E-state index in [-0.39, 0.29) is 5.91 Å². The Bertz CT molecular complexity index is 592. The van der Waals surface area contributed by atoms with Crippen LogP contribution in [-0.4, -0.2) is 24.2 Å². The fourth-order valence-corrected chi connectivity index (χ4v) is 2.28. The smallest absolute Gasteiger partial charge is 0.260 e. The lowest BCUT2D eigenvalue weighted by Gasteiger charge is -2.14. The first kappa shape index (κ1) is 12.4. The fraction of sp³-hybridized carbons (Fsp3) is 0.154. The van der Waals surface area contributed by atoms with Crippen molar-refractivity contribution in [3.05, 3.63) is 46.5 Å². The number of aryl methyl sites for hydroxylation is 1. The van der Waals surface area contributed by atoms with Gasteiger partial charge < -0.3 is 0 Å². The van der Waals surface area contributed by atoms with Gasteiger partial charge in [0.05, 0.1) is 5.56 Å². The van der Waals surface area contributed by atoms with Crippen molar-refractivity contribution in [3.8, 4) is 0 Å². The Morgan fingerprint density at radius 2 is 2.11 bits per heavy atom. The van der Waals surface area contributed by atoms with Crippen LogP contribution in [0, 0.1) is 6.92 Å². The summed E-state index contributed by atoms with van der Waals surface area (Å²) >= 11 is 1.44. The zero-order valence-electron chi connectivity index (χ0n) is 10.1. The van der Waals surface area contributed by atoms with Crippen LogP contribution in [-0.2, 0) is 0 Å². The molecule has 0 N–H and O–H groups in total. The number of carbonyl (C=O) groups excluding carboxylic acids is 2. The summed E-state index contributed by atoms with van der Waals surface area (Å²) in [7, 11) is 1.65. The fourth-order valence-electron chi connectivity index (χ4n) is 1.56. The Labute approximate surface area is 109 Å². The zero-order chi connectivity index (χ0) is 13.1. The maximum Gasteiger partial charge on any atom is 0.260 e. The molecular weight excluding hydrogens is 248 g/mol. The molecule has 0 aliphatic carbocycles. The number of aromatic nitrogens is 1. The van der Waals surface area contributed by atoms with Crippen LogP contribution in [0.3, 0.4) is 0 Å². The number of hydrogen-bond donors (Lipinski definition) is 0. The van der Waals surface area contributed by atoms with Crippen LogP contribution in [0.4, 0.5) is 5.13 Å². The number of benzene rings is 1. The number of amides is 1. The Morgan fingerprint density at radius 1 is 1.39 bits per heavy atom. The van der Waals surface area contributed by atoms with Crippen molar-refractivity contribution in [2.45, 2.75) is 6.92 Å².